The van der Waals surface area contributed by atoms with E-state index in [1.807, 2.05) is 64.1 Å². The summed E-state index contributed by atoms with van der Waals surface area (Å²) in [4.78, 5) is 15.9. The van der Waals surface area contributed by atoms with Crippen LogP contribution in [0.25, 0.3) is 17.0 Å². The third-order valence-electron chi connectivity index (χ3n) is 5.35. The molecule has 2 aromatic rings. The molecule has 1 aromatic carbocycles. The van der Waals surface area contributed by atoms with Crippen molar-refractivity contribution in [3.8, 4) is 5.88 Å². The molecule has 1 fully saturated rings. The number of methoxy groups -OCH3 is 1. The van der Waals surface area contributed by atoms with Crippen molar-refractivity contribution >= 4 is 30.0 Å². The van der Waals surface area contributed by atoms with Crippen molar-refractivity contribution in [3.63, 3.8) is 0 Å². The van der Waals surface area contributed by atoms with Crippen LogP contribution in [-0.2, 0) is 14.1 Å². The summed E-state index contributed by atoms with van der Waals surface area (Å²) in [5, 5.41) is 3.86. The lowest BCUT2D eigenvalue weighted by molar-refractivity contribution is -0.118. The van der Waals surface area contributed by atoms with E-state index in [0.29, 0.717) is 12.4 Å². The van der Waals surface area contributed by atoms with Crippen molar-refractivity contribution < 1.29 is 18.8 Å². The number of hydrogen-bond acceptors (Lipinski definition) is 5. The Morgan fingerprint density at radius 2 is 1.86 bits per heavy atom. The molecule has 0 bridgehead atoms. The molecule has 1 aliphatic heterocycles. The second-order valence-electron chi connectivity index (χ2n) is 8.02. The molecule has 0 atom stereocenters. The minimum Gasteiger partial charge on any atom is -0.481 e. The van der Waals surface area contributed by atoms with Crippen LogP contribution in [-0.4, -0.2) is 42.9 Å². The van der Waals surface area contributed by atoms with Crippen LogP contribution in [0.2, 0.25) is 0 Å². The van der Waals surface area contributed by atoms with Gasteiger partial charge in [-0.3, -0.25) is 4.79 Å². The number of fused-ring (bicyclic) bond motifs is 1. The molecule has 0 unspecified atom stereocenters. The third kappa shape index (κ3) is 4.21. The zero-order valence-electron chi connectivity index (χ0n) is 17.3. The van der Waals surface area contributed by atoms with Crippen LogP contribution >= 0.6 is 0 Å². The van der Waals surface area contributed by atoms with Gasteiger partial charge in [0.1, 0.15) is 0 Å². The maximum atomic E-state index is 11.5. The average Bonchev–Trinajstić information content (AvgIpc) is 2.85. The van der Waals surface area contributed by atoms with Gasteiger partial charge in [0.15, 0.2) is 0 Å². The van der Waals surface area contributed by atoms with Gasteiger partial charge in [0, 0.05) is 24.9 Å². The number of carbonyl (C=O) groups excluding carboxylic acids is 1. The first kappa shape index (κ1) is 20.4. The van der Waals surface area contributed by atoms with Crippen LogP contribution in [0.15, 0.2) is 35.8 Å². The van der Waals surface area contributed by atoms with Crippen molar-refractivity contribution in [2.24, 2.45) is 0 Å². The molecular weight excluding hydrogens is 355 g/mol. The van der Waals surface area contributed by atoms with Gasteiger partial charge in [-0.2, -0.15) is 0 Å². The quantitative estimate of drug-likeness (QED) is 0.803. The number of ether oxygens (including phenoxy) is 1. The molecular formula is C21H27BN2O4. The van der Waals surface area contributed by atoms with Gasteiger partial charge in [-0.1, -0.05) is 12.1 Å². The Hall–Kier alpha value is -2.38. The average molecular weight is 382 g/mol. The van der Waals surface area contributed by atoms with Crippen molar-refractivity contribution in [2.45, 2.75) is 45.8 Å². The fraction of sp³-hybridized carbons (Fsp3) is 0.429. The molecule has 148 valence electrons. The van der Waals surface area contributed by atoms with E-state index in [1.54, 1.807) is 7.11 Å². The van der Waals surface area contributed by atoms with E-state index >= 15 is 0 Å². The number of carbonyl (C=O) groups is 1. The minimum atomic E-state index is -0.526. The molecule has 0 saturated carbocycles. The Kier molecular flexibility index (Phi) is 5.50. The third-order valence-corrected chi connectivity index (χ3v) is 5.35. The summed E-state index contributed by atoms with van der Waals surface area (Å²) >= 11 is 0. The Bertz CT molecular complexity index is 908. The Morgan fingerprint density at radius 1 is 1.18 bits per heavy atom. The van der Waals surface area contributed by atoms with Gasteiger partial charge in [-0.15, -0.1) is 0 Å². The van der Waals surface area contributed by atoms with Crippen molar-refractivity contribution in [3.05, 3.63) is 41.4 Å². The highest BCUT2D eigenvalue weighted by Crippen LogP contribution is 2.38. The predicted octanol–water partition coefficient (Wildman–Crippen LogP) is 3.39. The standard InChI is InChI=1S/C21H27BN2O4/c1-14(25)23-13-17(22-27-20(2,3)21(4,5)28-22)12-15-7-9-18-16(11-15)8-10-19(24-18)26-6/h7-12H,13H2,1-6H3,(H,23,25). The molecule has 0 radical (unpaired) electrons. The second-order valence-corrected chi connectivity index (χ2v) is 8.02. The molecule has 7 heteroatoms. The number of nitrogens with zero attached hydrogens (tertiary/aromatic N) is 1. The summed E-state index contributed by atoms with van der Waals surface area (Å²) < 4.78 is 17.5. The molecule has 6 nitrogen and oxygen atoms in total. The van der Waals surface area contributed by atoms with Gasteiger partial charge in [-0.25, -0.2) is 4.98 Å². The van der Waals surface area contributed by atoms with Gasteiger partial charge < -0.3 is 19.4 Å². The van der Waals surface area contributed by atoms with E-state index < -0.39 is 18.3 Å². The van der Waals surface area contributed by atoms with Crippen LogP contribution in [0.4, 0.5) is 0 Å². The van der Waals surface area contributed by atoms with E-state index in [1.165, 1.54) is 6.92 Å². The number of pyridine rings is 1. The maximum Gasteiger partial charge on any atom is 0.492 e. The Labute approximate surface area is 166 Å². The molecule has 3 rings (SSSR count). The number of amides is 1. The number of benzene rings is 1. The highest BCUT2D eigenvalue weighted by Gasteiger charge is 2.52. The van der Waals surface area contributed by atoms with E-state index in [2.05, 4.69) is 10.3 Å². The predicted molar refractivity (Wildman–Crippen MR) is 111 cm³/mol. The first-order valence-corrected chi connectivity index (χ1v) is 9.37. The Morgan fingerprint density at radius 3 is 2.46 bits per heavy atom. The van der Waals surface area contributed by atoms with Gasteiger partial charge in [0.25, 0.3) is 0 Å². The molecule has 1 saturated heterocycles. The fourth-order valence-corrected chi connectivity index (χ4v) is 2.97. The zero-order valence-corrected chi connectivity index (χ0v) is 17.3. The van der Waals surface area contributed by atoms with E-state index in [0.717, 1.165) is 21.9 Å². The minimum absolute atomic E-state index is 0.0998. The van der Waals surface area contributed by atoms with Crippen molar-refractivity contribution in [1.82, 2.24) is 10.3 Å². The lowest BCUT2D eigenvalue weighted by Crippen LogP contribution is -2.41. The molecule has 1 N–H and O–H groups in total. The molecule has 0 spiro atoms. The van der Waals surface area contributed by atoms with Crippen LogP contribution in [0.1, 0.15) is 40.2 Å². The molecule has 1 amide bonds. The van der Waals surface area contributed by atoms with E-state index in [4.69, 9.17) is 14.0 Å². The van der Waals surface area contributed by atoms with Crippen molar-refractivity contribution in [2.75, 3.05) is 13.7 Å². The fourth-order valence-electron chi connectivity index (χ4n) is 2.97. The molecule has 1 aromatic heterocycles. The first-order chi connectivity index (χ1) is 13.1. The molecule has 2 heterocycles. The first-order valence-electron chi connectivity index (χ1n) is 9.37. The normalized spacial score (nSPS) is 18.4. The van der Waals surface area contributed by atoms with Gasteiger partial charge >= 0.3 is 7.12 Å². The highest BCUT2D eigenvalue weighted by molar-refractivity contribution is 6.56. The van der Waals surface area contributed by atoms with Crippen LogP contribution in [0.3, 0.4) is 0 Å². The number of hydrogen-bond donors (Lipinski definition) is 1. The summed E-state index contributed by atoms with van der Waals surface area (Å²) in [5.41, 5.74) is 1.80. The molecule has 0 aliphatic carbocycles. The molecule has 28 heavy (non-hydrogen) atoms. The lowest BCUT2D eigenvalue weighted by Gasteiger charge is -2.32. The number of nitrogens with one attached hydrogen (secondary N) is 1. The second kappa shape index (κ2) is 7.56. The lowest BCUT2D eigenvalue weighted by atomic mass is 9.77. The SMILES string of the molecule is COc1ccc2cc(C=C(CNC(C)=O)B3OC(C)(C)C(C)(C)O3)ccc2n1. The van der Waals surface area contributed by atoms with Crippen LogP contribution in [0.5, 0.6) is 5.88 Å². The highest BCUT2D eigenvalue weighted by atomic mass is 16.7. The summed E-state index contributed by atoms with van der Waals surface area (Å²) in [6.45, 7) is 9.90. The number of rotatable bonds is 5. The van der Waals surface area contributed by atoms with E-state index in [-0.39, 0.29) is 5.91 Å². The van der Waals surface area contributed by atoms with Gasteiger partial charge in [0.2, 0.25) is 11.8 Å². The summed E-state index contributed by atoms with van der Waals surface area (Å²) in [7, 11) is 1.07. The van der Waals surface area contributed by atoms with Gasteiger partial charge in [-0.05, 0) is 56.9 Å². The summed E-state index contributed by atoms with van der Waals surface area (Å²) in [6, 6.07) is 9.78. The topological polar surface area (TPSA) is 69.7 Å². The Balaban J connectivity index is 1.94. The van der Waals surface area contributed by atoms with Crippen LogP contribution < -0.4 is 10.1 Å². The summed E-state index contributed by atoms with van der Waals surface area (Å²) in [6.07, 6.45) is 2.00. The largest absolute Gasteiger partial charge is 0.492 e. The number of aromatic nitrogens is 1. The van der Waals surface area contributed by atoms with Crippen molar-refractivity contribution in [1.29, 1.82) is 0 Å². The smallest absolute Gasteiger partial charge is 0.481 e. The monoisotopic (exact) mass is 382 g/mol. The summed E-state index contributed by atoms with van der Waals surface area (Å²) in [5.74, 6) is 0.483. The molecule has 1 aliphatic rings. The van der Waals surface area contributed by atoms with Crippen LogP contribution in [0, 0.1) is 0 Å². The van der Waals surface area contributed by atoms with E-state index in [9.17, 15) is 4.79 Å². The zero-order chi connectivity index (χ0) is 20.5. The van der Waals surface area contributed by atoms with Gasteiger partial charge in [0.05, 0.1) is 23.8 Å². The maximum absolute atomic E-state index is 11.5.